The van der Waals surface area contributed by atoms with Gasteiger partial charge in [0.2, 0.25) is 5.54 Å². The Bertz CT molecular complexity index is 358. The Morgan fingerprint density at radius 1 is 1.14 bits per heavy atom. The zero-order valence-electron chi connectivity index (χ0n) is 12.6. The smallest absolute Gasteiger partial charge is 0.306 e. The molecule has 120 valence electrons. The van der Waals surface area contributed by atoms with E-state index in [0.717, 1.165) is 0 Å². The summed E-state index contributed by atoms with van der Waals surface area (Å²) in [5.74, 6) is -0.965. The zero-order chi connectivity index (χ0) is 16.3. The first-order valence-corrected chi connectivity index (χ1v) is 6.98. The number of rotatable bonds is 11. The first kappa shape index (κ1) is 19.1. The number of carbonyl (C=O) groups is 2. The number of hydrogen-bond donors (Lipinski definition) is 0. The SMILES string of the molecule is C=CCC(CCC(=O)OCC)(CCC(=O)OCC)[N+](=O)[O-]. The molecule has 0 aliphatic carbocycles. The molecule has 0 spiro atoms. The zero-order valence-corrected chi connectivity index (χ0v) is 12.6. The first-order valence-electron chi connectivity index (χ1n) is 6.98. The molecule has 0 fully saturated rings. The van der Waals surface area contributed by atoms with Crippen LogP contribution in [0.4, 0.5) is 0 Å². The topological polar surface area (TPSA) is 95.7 Å². The van der Waals surface area contributed by atoms with E-state index in [1.54, 1.807) is 13.8 Å². The average molecular weight is 301 g/mol. The normalized spacial score (nSPS) is 10.8. The molecule has 7 heteroatoms. The standard InChI is InChI=1S/C14H23NO6/c1-4-9-14(15(18)19,10-7-12(16)20-5-2)11-8-13(17)21-6-3/h4H,1,5-11H2,2-3H3. The molecule has 0 saturated carbocycles. The highest BCUT2D eigenvalue weighted by atomic mass is 16.6. The van der Waals surface area contributed by atoms with Crippen LogP contribution in [-0.2, 0) is 19.1 Å². The molecule has 0 aromatic rings. The largest absolute Gasteiger partial charge is 0.466 e. The van der Waals surface area contributed by atoms with E-state index >= 15 is 0 Å². The third-order valence-electron chi connectivity index (χ3n) is 3.11. The lowest BCUT2D eigenvalue weighted by Crippen LogP contribution is -2.39. The fourth-order valence-electron chi connectivity index (χ4n) is 1.99. The summed E-state index contributed by atoms with van der Waals surface area (Å²) in [5.41, 5.74) is -1.39. The van der Waals surface area contributed by atoms with Crippen LogP contribution in [0.25, 0.3) is 0 Å². The minimum Gasteiger partial charge on any atom is -0.466 e. The molecule has 0 aromatic heterocycles. The molecule has 0 amide bonds. The van der Waals surface area contributed by atoms with E-state index in [4.69, 9.17) is 9.47 Å². The maximum absolute atomic E-state index is 11.4. The van der Waals surface area contributed by atoms with Gasteiger partial charge < -0.3 is 9.47 Å². The van der Waals surface area contributed by atoms with Crippen molar-refractivity contribution in [3.8, 4) is 0 Å². The van der Waals surface area contributed by atoms with Crippen molar-refractivity contribution in [1.82, 2.24) is 0 Å². The van der Waals surface area contributed by atoms with Crippen LogP contribution in [0.3, 0.4) is 0 Å². The lowest BCUT2D eigenvalue weighted by atomic mass is 9.85. The number of esters is 2. The maximum atomic E-state index is 11.4. The van der Waals surface area contributed by atoms with E-state index < -0.39 is 22.4 Å². The van der Waals surface area contributed by atoms with Crippen molar-refractivity contribution in [3.05, 3.63) is 22.8 Å². The fourth-order valence-corrected chi connectivity index (χ4v) is 1.99. The molecular weight excluding hydrogens is 278 g/mol. The Morgan fingerprint density at radius 3 is 1.86 bits per heavy atom. The molecule has 0 atom stereocenters. The number of nitro groups is 1. The summed E-state index contributed by atoms with van der Waals surface area (Å²) in [4.78, 5) is 33.8. The van der Waals surface area contributed by atoms with Crippen LogP contribution < -0.4 is 0 Å². The summed E-state index contributed by atoms with van der Waals surface area (Å²) in [6.45, 7) is 7.32. The van der Waals surface area contributed by atoms with Gasteiger partial charge in [-0.2, -0.15) is 0 Å². The lowest BCUT2D eigenvalue weighted by Gasteiger charge is -2.23. The van der Waals surface area contributed by atoms with Gasteiger partial charge in [-0.1, -0.05) is 6.08 Å². The fraction of sp³-hybridized carbons (Fsp3) is 0.714. The summed E-state index contributed by atoms with van der Waals surface area (Å²) < 4.78 is 9.56. The van der Waals surface area contributed by atoms with Crippen molar-refractivity contribution in [2.24, 2.45) is 0 Å². The summed E-state index contributed by atoms with van der Waals surface area (Å²) in [7, 11) is 0. The van der Waals surface area contributed by atoms with Crippen molar-refractivity contribution in [3.63, 3.8) is 0 Å². The van der Waals surface area contributed by atoms with Crippen molar-refractivity contribution in [1.29, 1.82) is 0 Å². The van der Waals surface area contributed by atoms with Crippen LogP contribution in [0.1, 0.15) is 46.0 Å². The molecule has 0 N–H and O–H groups in total. The Hall–Kier alpha value is -1.92. The average Bonchev–Trinajstić information content (AvgIpc) is 2.42. The van der Waals surface area contributed by atoms with E-state index in [-0.39, 0.29) is 45.3 Å². The molecule has 21 heavy (non-hydrogen) atoms. The Balaban J connectivity index is 4.81. The van der Waals surface area contributed by atoms with E-state index in [1.807, 2.05) is 0 Å². The van der Waals surface area contributed by atoms with E-state index in [1.165, 1.54) is 6.08 Å². The van der Waals surface area contributed by atoms with Crippen LogP contribution >= 0.6 is 0 Å². The van der Waals surface area contributed by atoms with Gasteiger partial charge in [0.15, 0.2) is 0 Å². The van der Waals surface area contributed by atoms with Crippen LogP contribution in [0.5, 0.6) is 0 Å². The van der Waals surface area contributed by atoms with E-state index in [0.29, 0.717) is 0 Å². The van der Waals surface area contributed by atoms with Gasteiger partial charge in [0, 0.05) is 24.2 Å². The highest BCUT2D eigenvalue weighted by Crippen LogP contribution is 2.28. The van der Waals surface area contributed by atoms with Gasteiger partial charge in [-0.15, -0.1) is 6.58 Å². The molecule has 0 saturated heterocycles. The van der Waals surface area contributed by atoms with Gasteiger partial charge in [-0.3, -0.25) is 19.7 Å². The minimum atomic E-state index is -1.39. The van der Waals surface area contributed by atoms with Crippen LogP contribution in [0, 0.1) is 10.1 Å². The molecule has 0 radical (unpaired) electrons. The van der Waals surface area contributed by atoms with Crippen molar-refractivity contribution in [2.45, 2.75) is 51.5 Å². The van der Waals surface area contributed by atoms with Crippen LogP contribution in [0.2, 0.25) is 0 Å². The van der Waals surface area contributed by atoms with E-state index in [2.05, 4.69) is 6.58 Å². The van der Waals surface area contributed by atoms with Gasteiger partial charge in [0.1, 0.15) is 0 Å². The van der Waals surface area contributed by atoms with Gasteiger partial charge in [-0.25, -0.2) is 0 Å². The summed E-state index contributed by atoms with van der Waals surface area (Å²) in [5, 5.41) is 11.4. The molecule has 0 aliphatic rings. The molecule has 0 unspecified atom stereocenters. The van der Waals surface area contributed by atoms with Crippen molar-refractivity contribution < 1.29 is 24.0 Å². The predicted molar refractivity (Wildman–Crippen MR) is 76.3 cm³/mol. The summed E-state index contributed by atoms with van der Waals surface area (Å²) >= 11 is 0. The van der Waals surface area contributed by atoms with Gasteiger partial charge in [-0.05, 0) is 13.8 Å². The third kappa shape index (κ3) is 6.87. The molecule has 7 nitrogen and oxygen atoms in total. The Kier molecular flexibility index (Phi) is 9.00. The first-order chi connectivity index (χ1) is 9.91. The second-order valence-electron chi connectivity index (χ2n) is 4.58. The lowest BCUT2D eigenvalue weighted by molar-refractivity contribution is -0.571. The number of nitrogens with zero attached hydrogens (tertiary/aromatic N) is 1. The molecule has 0 aliphatic heterocycles. The Morgan fingerprint density at radius 2 is 1.57 bits per heavy atom. The highest BCUT2D eigenvalue weighted by Gasteiger charge is 2.42. The maximum Gasteiger partial charge on any atom is 0.306 e. The van der Waals surface area contributed by atoms with Gasteiger partial charge in [0.05, 0.1) is 26.1 Å². The highest BCUT2D eigenvalue weighted by molar-refractivity contribution is 5.70. The van der Waals surface area contributed by atoms with Gasteiger partial charge >= 0.3 is 11.9 Å². The Labute approximate surface area is 124 Å². The summed E-state index contributed by atoms with van der Waals surface area (Å²) in [6.07, 6.45) is 1.39. The van der Waals surface area contributed by atoms with Crippen molar-refractivity contribution in [2.75, 3.05) is 13.2 Å². The number of ether oxygens (including phenoxy) is 2. The van der Waals surface area contributed by atoms with Gasteiger partial charge in [0.25, 0.3) is 0 Å². The monoisotopic (exact) mass is 301 g/mol. The van der Waals surface area contributed by atoms with Crippen LogP contribution in [-0.4, -0.2) is 35.6 Å². The molecule has 0 heterocycles. The number of hydrogen-bond acceptors (Lipinski definition) is 6. The van der Waals surface area contributed by atoms with Crippen molar-refractivity contribution >= 4 is 11.9 Å². The molecule has 0 bridgehead atoms. The summed E-state index contributed by atoms with van der Waals surface area (Å²) in [6, 6.07) is 0. The molecule has 0 rings (SSSR count). The quantitative estimate of drug-likeness (QED) is 0.251. The molecular formula is C14H23NO6. The third-order valence-corrected chi connectivity index (χ3v) is 3.11. The molecule has 0 aromatic carbocycles. The predicted octanol–water partition coefficient (Wildman–Crippen LogP) is 2.26. The van der Waals surface area contributed by atoms with E-state index in [9.17, 15) is 19.7 Å². The minimum absolute atomic E-state index is 0.00422. The second kappa shape index (κ2) is 9.90. The van der Waals surface area contributed by atoms with Crippen LogP contribution in [0.15, 0.2) is 12.7 Å². The second-order valence-corrected chi connectivity index (χ2v) is 4.58. The number of carbonyl (C=O) groups excluding carboxylic acids is 2.